The molecule has 106 valence electrons. The number of primary amides is 1. The van der Waals surface area contributed by atoms with Gasteiger partial charge >= 0.3 is 0 Å². The van der Waals surface area contributed by atoms with Crippen molar-refractivity contribution in [3.8, 4) is 0 Å². The number of hydrogen-bond donors (Lipinski definition) is 3. The molecule has 4 N–H and O–H groups in total. The molecule has 0 bridgehead atoms. The molecule has 19 heavy (non-hydrogen) atoms. The monoisotopic (exact) mass is 268 g/mol. The molecule has 0 radical (unpaired) electrons. The van der Waals surface area contributed by atoms with Gasteiger partial charge in [-0.3, -0.25) is 4.79 Å². The summed E-state index contributed by atoms with van der Waals surface area (Å²) in [5.41, 5.74) is 5.49. The quantitative estimate of drug-likeness (QED) is 0.702. The Balaban J connectivity index is 2.75. The first-order valence-electron chi connectivity index (χ1n) is 6.36. The Labute approximate surface area is 112 Å². The number of carbonyl (C=O) groups is 1. The van der Waals surface area contributed by atoms with Crippen LogP contribution in [0.25, 0.3) is 0 Å². The number of hydrogen-bond acceptors (Lipinski definition) is 3. The van der Waals surface area contributed by atoms with E-state index in [4.69, 9.17) is 10.8 Å². The average molecular weight is 268 g/mol. The first-order valence-corrected chi connectivity index (χ1v) is 6.36. The molecule has 1 atom stereocenters. The maximum atomic E-state index is 13.8. The highest BCUT2D eigenvalue weighted by molar-refractivity contribution is 5.92. The summed E-state index contributed by atoms with van der Waals surface area (Å²) in [5, 5.41) is 12.3. The van der Waals surface area contributed by atoms with Gasteiger partial charge in [0.2, 0.25) is 5.91 Å². The van der Waals surface area contributed by atoms with E-state index in [9.17, 15) is 9.18 Å². The van der Waals surface area contributed by atoms with Crippen molar-refractivity contribution >= 4 is 5.91 Å². The van der Waals surface area contributed by atoms with Crippen LogP contribution in [-0.4, -0.2) is 23.2 Å². The fourth-order valence-electron chi connectivity index (χ4n) is 1.79. The van der Waals surface area contributed by atoms with Gasteiger partial charge in [-0.25, -0.2) is 4.39 Å². The highest BCUT2D eigenvalue weighted by Crippen LogP contribution is 2.16. The Morgan fingerprint density at radius 3 is 2.68 bits per heavy atom. The molecule has 5 heteroatoms. The van der Waals surface area contributed by atoms with E-state index >= 15 is 0 Å². The number of benzene rings is 1. The van der Waals surface area contributed by atoms with E-state index in [2.05, 4.69) is 5.32 Å². The standard InChI is InChI=1S/C14H21FN2O2/c1-3-14(2,6-7-18)17-9-11-5-4-10(13(16)19)8-12(11)15/h4-5,8,17-18H,3,6-7,9H2,1-2H3,(H2,16,19). The molecule has 0 saturated heterocycles. The van der Waals surface area contributed by atoms with Gasteiger partial charge in [0.15, 0.2) is 0 Å². The lowest BCUT2D eigenvalue weighted by molar-refractivity contribution is 0.0999. The van der Waals surface area contributed by atoms with Crippen molar-refractivity contribution < 1.29 is 14.3 Å². The number of carbonyl (C=O) groups excluding carboxylic acids is 1. The predicted molar refractivity (Wildman–Crippen MR) is 72.2 cm³/mol. The molecule has 1 amide bonds. The Kier molecular flexibility index (Phi) is 5.44. The van der Waals surface area contributed by atoms with Crippen molar-refractivity contribution in [1.29, 1.82) is 0 Å². The van der Waals surface area contributed by atoms with Crippen LogP contribution in [0.2, 0.25) is 0 Å². The minimum Gasteiger partial charge on any atom is -0.396 e. The van der Waals surface area contributed by atoms with Gasteiger partial charge in [0, 0.05) is 29.8 Å². The number of aliphatic hydroxyl groups excluding tert-OH is 1. The molecular weight excluding hydrogens is 247 g/mol. The van der Waals surface area contributed by atoms with E-state index in [0.717, 1.165) is 12.5 Å². The van der Waals surface area contributed by atoms with Crippen LogP contribution >= 0.6 is 0 Å². The molecule has 0 aliphatic carbocycles. The minimum atomic E-state index is -0.642. The van der Waals surface area contributed by atoms with Crippen molar-refractivity contribution in [2.75, 3.05) is 6.61 Å². The molecular formula is C14H21FN2O2. The number of nitrogens with two attached hydrogens (primary N) is 1. The van der Waals surface area contributed by atoms with Gasteiger partial charge < -0.3 is 16.2 Å². The highest BCUT2D eigenvalue weighted by Gasteiger charge is 2.21. The summed E-state index contributed by atoms with van der Waals surface area (Å²) in [6.45, 7) is 4.42. The number of amides is 1. The molecule has 1 aromatic rings. The summed E-state index contributed by atoms with van der Waals surface area (Å²) in [6.07, 6.45) is 1.43. The van der Waals surface area contributed by atoms with Crippen LogP contribution < -0.4 is 11.1 Å². The first-order chi connectivity index (χ1) is 8.91. The second-order valence-corrected chi connectivity index (χ2v) is 4.91. The fraction of sp³-hybridized carbons (Fsp3) is 0.500. The predicted octanol–water partition coefficient (Wildman–Crippen LogP) is 1.57. The summed E-state index contributed by atoms with van der Waals surface area (Å²) in [6, 6.07) is 4.21. The van der Waals surface area contributed by atoms with E-state index in [1.807, 2.05) is 13.8 Å². The van der Waals surface area contributed by atoms with Crippen LogP contribution in [0.3, 0.4) is 0 Å². The molecule has 0 aliphatic rings. The van der Waals surface area contributed by atoms with Crippen molar-refractivity contribution in [2.24, 2.45) is 5.73 Å². The van der Waals surface area contributed by atoms with Crippen molar-refractivity contribution in [3.05, 3.63) is 35.1 Å². The minimum absolute atomic E-state index is 0.0838. The van der Waals surface area contributed by atoms with Crippen LogP contribution in [-0.2, 0) is 6.54 Å². The largest absolute Gasteiger partial charge is 0.396 e. The Bertz CT molecular complexity index is 451. The van der Waals surface area contributed by atoms with Gasteiger partial charge in [-0.05, 0) is 31.9 Å². The third kappa shape index (κ3) is 4.29. The summed E-state index contributed by atoms with van der Waals surface area (Å²) in [5.74, 6) is -1.09. The van der Waals surface area contributed by atoms with E-state index < -0.39 is 11.7 Å². The zero-order valence-electron chi connectivity index (χ0n) is 11.4. The van der Waals surface area contributed by atoms with Crippen LogP contribution in [0.1, 0.15) is 42.6 Å². The van der Waals surface area contributed by atoms with Crippen LogP contribution in [0.5, 0.6) is 0 Å². The van der Waals surface area contributed by atoms with Gasteiger partial charge in [-0.1, -0.05) is 13.0 Å². The van der Waals surface area contributed by atoms with Gasteiger partial charge in [-0.15, -0.1) is 0 Å². The Morgan fingerprint density at radius 2 is 2.21 bits per heavy atom. The van der Waals surface area contributed by atoms with Crippen LogP contribution in [0, 0.1) is 5.82 Å². The molecule has 0 fully saturated rings. The molecule has 0 aliphatic heterocycles. The molecule has 1 rings (SSSR count). The summed E-state index contributed by atoms with van der Waals surface area (Å²) in [4.78, 5) is 10.9. The number of halogens is 1. The number of aliphatic hydroxyl groups is 1. The topological polar surface area (TPSA) is 75.3 Å². The second-order valence-electron chi connectivity index (χ2n) is 4.91. The third-order valence-corrected chi connectivity index (χ3v) is 3.49. The van der Waals surface area contributed by atoms with E-state index in [1.165, 1.54) is 6.07 Å². The molecule has 1 unspecified atom stereocenters. The first kappa shape index (κ1) is 15.6. The van der Waals surface area contributed by atoms with E-state index in [1.54, 1.807) is 6.07 Å². The second kappa shape index (κ2) is 6.63. The van der Waals surface area contributed by atoms with Crippen molar-refractivity contribution in [3.63, 3.8) is 0 Å². The maximum absolute atomic E-state index is 13.8. The van der Waals surface area contributed by atoms with Crippen molar-refractivity contribution in [2.45, 2.75) is 38.8 Å². The van der Waals surface area contributed by atoms with Crippen molar-refractivity contribution in [1.82, 2.24) is 5.32 Å². The third-order valence-electron chi connectivity index (χ3n) is 3.49. The molecule has 0 aromatic heterocycles. The summed E-state index contributed by atoms with van der Waals surface area (Å²) >= 11 is 0. The Hall–Kier alpha value is -1.46. The zero-order chi connectivity index (χ0) is 14.5. The van der Waals surface area contributed by atoms with Gasteiger partial charge in [0.1, 0.15) is 5.82 Å². The van der Waals surface area contributed by atoms with Gasteiger partial charge in [-0.2, -0.15) is 0 Å². The SMILES string of the molecule is CCC(C)(CCO)NCc1ccc(C(N)=O)cc1F. The maximum Gasteiger partial charge on any atom is 0.248 e. The lowest BCUT2D eigenvalue weighted by Crippen LogP contribution is -2.42. The molecule has 4 nitrogen and oxygen atoms in total. The highest BCUT2D eigenvalue weighted by atomic mass is 19.1. The van der Waals surface area contributed by atoms with E-state index in [-0.39, 0.29) is 17.7 Å². The lowest BCUT2D eigenvalue weighted by atomic mass is 9.94. The summed E-state index contributed by atoms with van der Waals surface area (Å²) in [7, 11) is 0. The molecule has 0 saturated carbocycles. The van der Waals surface area contributed by atoms with Gasteiger partial charge in [0.05, 0.1) is 0 Å². The molecule has 0 heterocycles. The zero-order valence-corrected chi connectivity index (χ0v) is 11.4. The molecule has 0 spiro atoms. The number of rotatable bonds is 7. The average Bonchev–Trinajstić information content (AvgIpc) is 2.37. The normalized spacial score (nSPS) is 14.1. The lowest BCUT2D eigenvalue weighted by Gasteiger charge is -2.29. The van der Waals surface area contributed by atoms with E-state index in [0.29, 0.717) is 18.5 Å². The molecule has 1 aromatic carbocycles. The van der Waals surface area contributed by atoms with Gasteiger partial charge in [0.25, 0.3) is 0 Å². The smallest absolute Gasteiger partial charge is 0.248 e. The van der Waals surface area contributed by atoms with Crippen LogP contribution in [0.15, 0.2) is 18.2 Å². The number of nitrogens with one attached hydrogen (secondary N) is 1. The fourth-order valence-corrected chi connectivity index (χ4v) is 1.79. The van der Waals surface area contributed by atoms with Crippen LogP contribution in [0.4, 0.5) is 4.39 Å². The Morgan fingerprint density at radius 1 is 1.53 bits per heavy atom. The summed E-state index contributed by atoms with van der Waals surface area (Å²) < 4.78 is 13.8.